The lowest BCUT2D eigenvalue weighted by atomic mass is 10.1. The molecule has 0 unspecified atom stereocenters. The lowest BCUT2D eigenvalue weighted by molar-refractivity contribution is -0.118. The summed E-state index contributed by atoms with van der Waals surface area (Å²) in [5.74, 6) is 0.501. The zero-order valence-electron chi connectivity index (χ0n) is 13.5. The third-order valence-corrected chi connectivity index (χ3v) is 4.60. The number of rotatable bonds is 5. The van der Waals surface area contributed by atoms with Crippen LogP contribution in [0.4, 0.5) is 0 Å². The quantitative estimate of drug-likeness (QED) is 0.696. The molecule has 0 fully saturated rings. The number of amides is 1. The highest BCUT2D eigenvalue weighted by Crippen LogP contribution is 2.23. The van der Waals surface area contributed by atoms with Gasteiger partial charge in [-0.1, -0.05) is 30.0 Å². The van der Waals surface area contributed by atoms with Crippen LogP contribution < -0.4 is 5.32 Å². The van der Waals surface area contributed by atoms with Gasteiger partial charge in [-0.15, -0.1) is 10.2 Å². The Labute approximate surface area is 143 Å². The predicted octanol–water partition coefficient (Wildman–Crippen LogP) is 2.46. The van der Waals surface area contributed by atoms with Gasteiger partial charge in [0.15, 0.2) is 10.8 Å². The standard InChI is InChI=1S/C17H18N4O2S/c1-11-7-13(8-12(2)16(11)23)9-18-15(22)10-24-17-20-19-14-5-3-4-6-21(14)17/h3-8,23H,9-10H2,1-2H3,(H,18,22). The summed E-state index contributed by atoms with van der Waals surface area (Å²) in [5, 5.41) is 21.5. The first-order valence-electron chi connectivity index (χ1n) is 7.53. The van der Waals surface area contributed by atoms with Crippen molar-refractivity contribution in [1.82, 2.24) is 19.9 Å². The van der Waals surface area contributed by atoms with E-state index in [1.165, 1.54) is 11.8 Å². The van der Waals surface area contributed by atoms with E-state index in [4.69, 9.17) is 0 Å². The summed E-state index contributed by atoms with van der Waals surface area (Å²) in [7, 11) is 0. The number of aromatic hydroxyl groups is 1. The Morgan fingerprint density at radius 2 is 2.00 bits per heavy atom. The van der Waals surface area contributed by atoms with Crippen LogP contribution >= 0.6 is 11.8 Å². The van der Waals surface area contributed by atoms with Crippen molar-refractivity contribution in [2.45, 2.75) is 25.5 Å². The number of phenolic OH excluding ortho intramolecular Hbond substituents is 1. The smallest absolute Gasteiger partial charge is 0.230 e. The summed E-state index contributed by atoms with van der Waals surface area (Å²) in [6.45, 7) is 4.13. The fourth-order valence-electron chi connectivity index (χ4n) is 2.45. The van der Waals surface area contributed by atoms with Crippen LogP contribution in [0.25, 0.3) is 5.65 Å². The predicted molar refractivity (Wildman–Crippen MR) is 93.1 cm³/mol. The van der Waals surface area contributed by atoms with Crippen LogP contribution in [0.2, 0.25) is 0 Å². The molecule has 124 valence electrons. The lowest BCUT2D eigenvalue weighted by Crippen LogP contribution is -2.24. The Balaban J connectivity index is 1.56. The molecule has 2 N–H and O–H groups in total. The Morgan fingerprint density at radius 3 is 2.75 bits per heavy atom. The van der Waals surface area contributed by atoms with E-state index >= 15 is 0 Å². The van der Waals surface area contributed by atoms with Gasteiger partial charge in [0.05, 0.1) is 5.75 Å². The number of nitrogens with one attached hydrogen (secondary N) is 1. The van der Waals surface area contributed by atoms with Crippen molar-refractivity contribution in [2.24, 2.45) is 0 Å². The van der Waals surface area contributed by atoms with Gasteiger partial charge in [-0.05, 0) is 42.7 Å². The number of aromatic nitrogens is 3. The molecule has 0 saturated heterocycles. The van der Waals surface area contributed by atoms with Gasteiger partial charge in [0.1, 0.15) is 5.75 Å². The van der Waals surface area contributed by atoms with E-state index in [0.29, 0.717) is 17.5 Å². The Kier molecular flexibility index (Phi) is 4.71. The van der Waals surface area contributed by atoms with Crippen molar-refractivity contribution < 1.29 is 9.90 Å². The number of hydrogen-bond donors (Lipinski definition) is 2. The molecule has 7 heteroatoms. The number of fused-ring (bicyclic) bond motifs is 1. The van der Waals surface area contributed by atoms with Gasteiger partial charge in [-0.2, -0.15) is 0 Å². The second-order valence-corrected chi connectivity index (χ2v) is 6.50. The van der Waals surface area contributed by atoms with E-state index < -0.39 is 0 Å². The Morgan fingerprint density at radius 1 is 1.25 bits per heavy atom. The van der Waals surface area contributed by atoms with Crippen LogP contribution in [0.15, 0.2) is 41.7 Å². The summed E-state index contributed by atoms with van der Waals surface area (Å²) in [4.78, 5) is 12.0. The average Bonchev–Trinajstić information content (AvgIpc) is 2.99. The normalized spacial score (nSPS) is 10.9. The highest BCUT2D eigenvalue weighted by molar-refractivity contribution is 7.99. The average molecular weight is 342 g/mol. The maximum atomic E-state index is 12.0. The van der Waals surface area contributed by atoms with E-state index in [9.17, 15) is 9.90 Å². The number of benzene rings is 1. The SMILES string of the molecule is Cc1cc(CNC(=O)CSc2nnc3ccccn23)cc(C)c1O. The minimum absolute atomic E-state index is 0.0731. The molecule has 0 radical (unpaired) electrons. The first-order valence-corrected chi connectivity index (χ1v) is 8.51. The molecule has 3 aromatic rings. The van der Waals surface area contributed by atoms with Crippen molar-refractivity contribution in [1.29, 1.82) is 0 Å². The largest absolute Gasteiger partial charge is 0.507 e. The van der Waals surface area contributed by atoms with Gasteiger partial charge < -0.3 is 10.4 Å². The highest BCUT2D eigenvalue weighted by Gasteiger charge is 2.09. The summed E-state index contributed by atoms with van der Waals surface area (Å²) in [6.07, 6.45) is 1.87. The van der Waals surface area contributed by atoms with Crippen LogP contribution in [-0.4, -0.2) is 31.4 Å². The molecule has 1 aromatic carbocycles. The van der Waals surface area contributed by atoms with Gasteiger partial charge in [0, 0.05) is 12.7 Å². The topological polar surface area (TPSA) is 79.5 Å². The maximum Gasteiger partial charge on any atom is 0.230 e. The van der Waals surface area contributed by atoms with Crippen molar-refractivity contribution in [3.63, 3.8) is 0 Å². The number of thioether (sulfide) groups is 1. The molecular weight excluding hydrogens is 324 g/mol. The minimum Gasteiger partial charge on any atom is -0.507 e. The van der Waals surface area contributed by atoms with Crippen LogP contribution in [0.3, 0.4) is 0 Å². The van der Waals surface area contributed by atoms with Gasteiger partial charge in [-0.3, -0.25) is 9.20 Å². The van der Waals surface area contributed by atoms with E-state index in [2.05, 4.69) is 15.5 Å². The van der Waals surface area contributed by atoms with E-state index in [1.54, 1.807) is 0 Å². The maximum absolute atomic E-state index is 12.0. The number of aryl methyl sites for hydroxylation is 2. The van der Waals surface area contributed by atoms with Crippen molar-refractivity contribution in [2.75, 3.05) is 5.75 Å². The molecule has 0 atom stereocenters. The monoisotopic (exact) mass is 342 g/mol. The van der Waals surface area contributed by atoms with Crippen LogP contribution in [0.1, 0.15) is 16.7 Å². The molecule has 0 aliphatic rings. The van der Waals surface area contributed by atoms with Gasteiger partial charge >= 0.3 is 0 Å². The van der Waals surface area contributed by atoms with Gasteiger partial charge in [-0.25, -0.2) is 0 Å². The summed E-state index contributed by atoms with van der Waals surface area (Å²) in [5.41, 5.74) is 3.34. The molecule has 24 heavy (non-hydrogen) atoms. The Bertz CT molecular complexity index is 868. The fraction of sp³-hybridized carbons (Fsp3) is 0.235. The number of carbonyl (C=O) groups is 1. The molecule has 6 nitrogen and oxygen atoms in total. The Hall–Kier alpha value is -2.54. The van der Waals surface area contributed by atoms with Crippen molar-refractivity contribution >= 4 is 23.3 Å². The molecule has 0 aliphatic heterocycles. The third-order valence-electron chi connectivity index (χ3n) is 3.66. The molecule has 0 bridgehead atoms. The number of phenols is 1. The third kappa shape index (κ3) is 3.51. The minimum atomic E-state index is -0.0731. The number of hydrogen-bond acceptors (Lipinski definition) is 5. The summed E-state index contributed by atoms with van der Waals surface area (Å²) < 4.78 is 1.85. The van der Waals surface area contributed by atoms with E-state index in [1.807, 2.05) is 54.8 Å². The number of nitrogens with zero attached hydrogens (tertiary/aromatic N) is 3. The second-order valence-electron chi connectivity index (χ2n) is 5.56. The van der Waals surface area contributed by atoms with E-state index in [0.717, 1.165) is 22.3 Å². The zero-order chi connectivity index (χ0) is 17.1. The molecule has 0 spiro atoms. The van der Waals surface area contributed by atoms with Gasteiger partial charge in [0.25, 0.3) is 0 Å². The van der Waals surface area contributed by atoms with Gasteiger partial charge in [0.2, 0.25) is 5.91 Å². The van der Waals surface area contributed by atoms with Crippen LogP contribution in [-0.2, 0) is 11.3 Å². The van der Waals surface area contributed by atoms with Crippen molar-refractivity contribution in [3.05, 3.63) is 53.2 Å². The van der Waals surface area contributed by atoms with E-state index in [-0.39, 0.29) is 11.7 Å². The van der Waals surface area contributed by atoms with Crippen LogP contribution in [0.5, 0.6) is 5.75 Å². The summed E-state index contributed by atoms with van der Waals surface area (Å²) >= 11 is 1.35. The molecule has 1 amide bonds. The first kappa shape index (κ1) is 16.3. The van der Waals surface area contributed by atoms with Crippen molar-refractivity contribution in [3.8, 4) is 5.75 Å². The molecule has 0 aliphatic carbocycles. The lowest BCUT2D eigenvalue weighted by Gasteiger charge is -2.09. The number of carbonyl (C=O) groups excluding carboxylic acids is 1. The highest BCUT2D eigenvalue weighted by atomic mass is 32.2. The molecular formula is C17H18N4O2S. The molecule has 2 aromatic heterocycles. The zero-order valence-corrected chi connectivity index (χ0v) is 14.3. The second kappa shape index (κ2) is 6.92. The van der Waals surface area contributed by atoms with Crippen LogP contribution in [0, 0.1) is 13.8 Å². The number of pyridine rings is 1. The first-order chi connectivity index (χ1) is 11.5. The molecule has 2 heterocycles. The molecule has 0 saturated carbocycles. The fourth-order valence-corrected chi connectivity index (χ4v) is 3.20. The summed E-state index contributed by atoms with van der Waals surface area (Å²) in [6, 6.07) is 9.42. The molecule has 3 rings (SSSR count).